The van der Waals surface area contributed by atoms with Crippen LogP contribution in [0.1, 0.15) is 60.3 Å². The van der Waals surface area contributed by atoms with Crippen molar-refractivity contribution in [2.75, 3.05) is 20.2 Å². The number of ether oxygens (including phenoxy) is 1. The lowest BCUT2D eigenvalue weighted by atomic mass is 9.95. The number of methoxy groups -OCH3 is 1. The standard InChI is InChI=1S/C17H34N2O2/c1-7-14(5)12-19(8-2)15-9-10-17(11-15,16(20)21-6)18-13(3)4/h13-15,18H,7-12H2,1-6H3. The van der Waals surface area contributed by atoms with Crippen LogP contribution in [0, 0.1) is 5.92 Å². The molecule has 0 aromatic rings. The SMILES string of the molecule is CCC(C)CN(CC)C1CCC(NC(C)C)(C(=O)OC)C1. The third-order valence-corrected chi connectivity index (χ3v) is 4.80. The molecule has 0 saturated heterocycles. The van der Waals surface area contributed by atoms with Crippen LogP contribution in [0.2, 0.25) is 0 Å². The van der Waals surface area contributed by atoms with Gasteiger partial charge < -0.3 is 9.64 Å². The molecule has 3 atom stereocenters. The Morgan fingerprint density at radius 1 is 1.38 bits per heavy atom. The normalized spacial score (nSPS) is 27.3. The van der Waals surface area contributed by atoms with E-state index in [1.54, 1.807) is 0 Å². The van der Waals surface area contributed by atoms with Gasteiger partial charge in [-0.2, -0.15) is 0 Å². The number of esters is 1. The molecule has 124 valence electrons. The molecular weight excluding hydrogens is 264 g/mol. The zero-order chi connectivity index (χ0) is 16.0. The minimum Gasteiger partial charge on any atom is -0.468 e. The van der Waals surface area contributed by atoms with Gasteiger partial charge in [-0.3, -0.25) is 10.1 Å². The molecule has 4 nitrogen and oxygen atoms in total. The topological polar surface area (TPSA) is 41.6 Å². The minimum atomic E-state index is -0.490. The summed E-state index contributed by atoms with van der Waals surface area (Å²) in [4.78, 5) is 14.8. The quantitative estimate of drug-likeness (QED) is 0.700. The van der Waals surface area contributed by atoms with Crippen LogP contribution in [0.4, 0.5) is 0 Å². The van der Waals surface area contributed by atoms with E-state index in [2.05, 4.69) is 44.8 Å². The van der Waals surface area contributed by atoms with Crippen LogP contribution < -0.4 is 5.32 Å². The Labute approximate surface area is 130 Å². The van der Waals surface area contributed by atoms with E-state index in [1.807, 2.05) is 0 Å². The van der Waals surface area contributed by atoms with Gasteiger partial charge in [0.05, 0.1) is 7.11 Å². The molecule has 1 aliphatic carbocycles. The van der Waals surface area contributed by atoms with Crippen molar-refractivity contribution >= 4 is 5.97 Å². The number of nitrogens with zero attached hydrogens (tertiary/aromatic N) is 1. The number of carbonyl (C=O) groups is 1. The zero-order valence-electron chi connectivity index (χ0n) is 14.7. The predicted molar refractivity (Wildman–Crippen MR) is 87.4 cm³/mol. The van der Waals surface area contributed by atoms with E-state index in [0.29, 0.717) is 12.0 Å². The maximum absolute atomic E-state index is 12.3. The van der Waals surface area contributed by atoms with Crippen molar-refractivity contribution < 1.29 is 9.53 Å². The third kappa shape index (κ3) is 4.68. The molecule has 3 unspecified atom stereocenters. The first-order valence-electron chi connectivity index (χ1n) is 8.48. The molecule has 1 saturated carbocycles. The summed E-state index contributed by atoms with van der Waals surface area (Å²) < 4.78 is 5.08. The van der Waals surface area contributed by atoms with Crippen molar-refractivity contribution in [1.82, 2.24) is 10.2 Å². The molecule has 0 amide bonds. The van der Waals surface area contributed by atoms with E-state index in [9.17, 15) is 4.79 Å². The van der Waals surface area contributed by atoms with Crippen LogP contribution in [0.25, 0.3) is 0 Å². The van der Waals surface area contributed by atoms with Crippen LogP contribution in [-0.4, -0.2) is 48.7 Å². The Morgan fingerprint density at radius 3 is 2.52 bits per heavy atom. The first-order chi connectivity index (χ1) is 9.88. The highest BCUT2D eigenvalue weighted by atomic mass is 16.5. The van der Waals surface area contributed by atoms with Gasteiger partial charge in [0.1, 0.15) is 5.54 Å². The van der Waals surface area contributed by atoms with Crippen LogP contribution in [0.3, 0.4) is 0 Å². The molecule has 21 heavy (non-hydrogen) atoms. The summed E-state index contributed by atoms with van der Waals surface area (Å²) in [5.41, 5.74) is -0.490. The van der Waals surface area contributed by atoms with Gasteiger partial charge in [-0.05, 0) is 45.6 Å². The second kappa shape index (κ2) is 8.14. The molecule has 0 aromatic carbocycles. The van der Waals surface area contributed by atoms with Crippen LogP contribution in [0.5, 0.6) is 0 Å². The summed E-state index contributed by atoms with van der Waals surface area (Å²) in [6.07, 6.45) is 4.01. The Kier molecular flexibility index (Phi) is 7.14. The molecule has 1 N–H and O–H groups in total. The van der Waals surface area contributed by atoms with Crippen molar-refractivity contribution in [3.8, 4) is 0 Å². The smallest absolute Gasteiger partial charge is 0.326 e. The highest BCUT2D eigenvalue weighted by molar-refractivity contribution is 5.81. The summed E-state index contributed by atoms with van der Waals surface area (Å²) in [6.45, 7) is 13.1. The minimum absolute atomic E-state index is 0.0988. The lowest BCUT2D eigenvalue weighted by Crippen LogP contribution is -2.54. The largest absolute Gasteiger partial charge is 0.468 e. The highest BCUT2D eigenvalue weighted by Gasteiger charge is 2.47. The van der Waals surface area contributed by atoms with E-state index < -0.39 is 5.54 Å². The van der Waals surface area contributed by atoms with Crippen molar-refractivity contribution in [2.45, 2.75) is 77.9 Å². The lowest BCUT2D eigenvalue weighted by molar-refractivity contribution is -0.149. The third-order valence-electron chi connectivity index (χ3n) is 4.80. The van der Waals surface area contributed by atoms with Gasteiger partial charge in [-0.25, -0.2) is 0 Å². The van der Waals surface area contributed by atoms with Crippen LogP contribution >= 0.6 is 0 Å². The molecule has 4 heteroatoms. The van der Waals surface area contributed by atoms with Crippen molar-refractivity contribution in [2.24, 2.45) is 5.92 Å². The molecule has 0 heterocycles. The average molecular weight is 298 g/mol. The first kappa shape index (κ1) is 18.4. The number of hydrogen-bond donors (Lipinski definition) is 1. The van der Waals surface area contributed by atoms with Gasteiger partial charge in [0.25, 0.3) is 0 Å². The molecule has 0 aliphatic heterocycles. The Morgan fingerprint density at radius 2 is 2.05 bits per heavy atom. The van der Waals surface area contributed by atoms with Gasteiger partial charge in [-0.1, -0.05) is 27.2 Å². The number of rotatable bonds is 8. The average Bonchev–Trinajstić information content (AvgIpc) is 2.87. The fourth-order valence-corrected chi connectivity index (χ4v) is 3.52. The summed E-state index contributed by atoms with van der Waals surface area (Å²) in [7, 11) is 1.50. The molecule has 1 fully saturated rings. The fraction of sp³-hybridized carbons (Fsp3) is 0.941. The fourth-order valence-electron chi connectivity index (χ4n) is 3.52. The van der Waals surface area contributed by atoms with E-state index >= 15 is 0 Å². The summed E-state index contributed by atoms with van der Waals surface area (Å²) >= 11 is 0. The van der Waals surface area contributed by atoms with Gasteiger partial charge in [-0.15, -0.1) is 0 Å². The monoisotopic (exact) mass is 298 g/mol. The maximum Gasteiger partial charge on any atom is 0.326 e. The highest BCUT2D eigenvalue weighted by Crippen LogP contribution is 2.35. The number of carbonyl (C=O) groups excluding carboxylic acids is 1. The maximum atomic E-state index is 12.3. The molecule has 1 aliphatic rings. The summed E-state index contributed by atoms with van der Waals surface area (Å²) in [5, 5.41) is 3.48. The second-order valence-electron chi connectivity index (χ2n) is 6.87. The van der Waals surface area contributed by atoms with E-state index in [0.717, 1.165) is 32.4 Å². The van der Waals surface area contributed by atoms with Crippen LogP contribution in [0.15, 0.2) is 0 Å². The predicted octanol–water partition coefficient (Wildman–Crippen LogP) is 2.82. The number of hydrogen-bond acceptors (Lipinski definition) is 4. The second-order valence-corrected chi connectivity index (χ2v) is 6.87. The molecule has 0 aromatic heterocycles. The summed E-state index contributed by atoms with van der Waals surface area (Å²) in [5.74, 6) is 0.606. The van der Waals surface area contributed by atoms with E-state index in [1.165, 1.54) is 13.5 Å². The molecule has 0 radical (unpaired) electrons. The first-order valence-corrected chi connectivity index (χ1v) is 8.48. The number of nitrogens with one attached hydrogen (secondary N) is 1. The van der Waals surface area contributed by atoms with Crippen molar-refractivity contribution in [3.63, 3.8) is 0 Å². The van der Waals surface area contributed by atoms with E-state index in [4.69, 9.17) is 4.74 Å². The summed E-state index contributed by atoms with van der Waals surface area (Å²) in [6, 6.07) is 0.766. The Bertz CT molecular complexity index is 333. The molecule has 0 spiro atoms. The van der Waals surface area contributed by atoms with Crippen molar-refractivity contribution in [3.05, 3.63) is 0 Å². The molecular formula is C17H34N2O2. The molecule has 1 rings (SSSR count). The van der Waals surface area contributed by atoms with Crippen molar-refractivity contribution in [1.29, 1.82) is 0 Å². The zero-order valence-corrected chi connectivity index (χ0v) is 14.7. The lowest BCUT2D eigenvalue weighted by Gasteiger charge is -2.33. The van der Waals surface area contributed by atoms with Gasteiger partial charge in [0.15, 0.2) is 0 Å². The van der Waals surface area contributed by atoms with Gasteiger partial charge in [0.2, 0.25) is 0 Å². The molecule has 0 bridgehead atoms. The van der Waals surface area contributed by atoms with E-state index in [-0.39, 0.29) is 12.0 Å². The Hall–Kier alpha value is -0.610. The van der Waals surface area contributed by atoms with Gasteiger partial charge >= 0.3 is 5.97 Å². The van der Waals surface area contributed by atoms with Gasteiger partial charge in [0, 0.05) is 18.6 Å². The Balaban J connectivity index is 2.79. The van der Waals surface area contributed by atoms with Crippen LogP contribution in [-0.2, 0) is 9.53 Å².